The third-order valence-corrected chi connectivity index (χ3v) is 4.52. The van der Waals surface area contributed by atoms with E-state index in [4.69, 9.17) is 9.47 Å². The number of rotatable bonds is 10. The Hall–Kier alpha value is -4.46. The quantitative estimate of drug-likeness (QED) is 0.359. The fourth-order valence-electron chi connectivity index (χ4n) is 2.66. The van der Waals surface area contributed by atoms with E-state index < -0.39 is 0 Å². The molecule has 0 spiro atoms. The van der Waals surface area contributed by atoms with Crippen LogP contribution in [0.1, 0.15) is 22.3 Å². The van der Waals surface area contributed by atoms with Crippen LogP contribution in [0.15, 0.2) is 83.0 Å². The smallest absolute Gasteiger partial charge is 0.277 e. The summed E-state index contributed by atoms with van der Waals surface area (Å²) in [6.45, 7) is 3.70. The first-order valence-corrected chi connectivity index (χ1v) is 10.6. The Bertz CT molecular complexity index is 1050. The molecule has 0 aliphatic carbocycles. The SMILES string of the molecule is Cc1ccc(OCC(=O)N/N=C/c2ccc(/C=N/NC(=O)COc3ccc(C)cc3)cc2)cc1. The maximum absolute atomic E-state index is 11.8. The lowest BCUT2D eigenvalue weighted by molar-refractivity contribution is -0.123. The molecular weight excluding hydrogens is 432 g/mol. The molecule has 8 heteroatoms. The van der Waals surface area contributed by atoms with Crippen molar-refractivity contribution in [2.24, 2.45) is 10.2 Å². The van der Waals surface area contributed by atoms with Gasteiger partial charge >= 0.3 is 0 Å². The number of carbonyl (C=O) groups is 2. The van der Waals surface area contributed by atoms with Gasteiger partial charge in [0.25, 0.3) is 11.8 Å². The van der Waals surface area contributed by atoms with Crippen molar-refractivity contribution >= 4 is 24.2 Å². The number of nitrogens with one attached hydrogen (secondary N) is 2. The van der Waals surface area contributed by atoms with Crippen LogP contribution in [-0.4, -0.2) is 37.5 Å². The van der Waals surface area contributed by atoms with Crippen molar-refractivity contribution in [1.82, 2.24) is 10.9 Å². The van der Waals surface area contributed by atoms with E-state index in [0.29, 0.717) is 11.5 Å². The summed E-state index contributed by atoms with van der Waals surface area (Å²) < 4.78 is 10.8. The number of hydrogen-bond acceptors (Lipinski definition) is 6. The molecule has 0 fully saturated rings. The number of aryl methyl sites for hydroxylation is 2. The second-order valence-corrected chi connectivity index (χ2v) is 7.46. The number of nitrogens with zero attached hydrogens (tertiary/aromatic N) is 2. The van der Waals surface area contributed by atoms with Gasteiger partial charge in [-0.3, -0.25) is 9.59 Å². The van der Waals surface area contributed by atoms with Gasteiger partial charge in [-0.05, 0) is 49.2 Å². The van der Waals surface area contributed by atoms with E-state index in [1.807, 2.05) is 62.4 Å². The highest BCUT2D eigenvalue weighted by atomic mass is 16.5. The van der Waals surface area contributed by atoms with Crippen LogP contribution < -0.4 is 20.3 Å². The standard InChI is InChI=1S/C26H26N4O4/c1-19-3-11-23(12-4-19)33-17-25(31)29-27-15-21-7-9-22(10-8-21)16-28-30-26(32)18-34-24-13-5-20(2)6-14-24/h3-16H,17-18H2,1-2H3,(H,29,31)(H,30,32)/b27-15+,28-16+. The van der Waals surface area contributed by atoms with E-state index in [-0.39, 0.29) is 25.0 Å². The third kappa shape index (κ3) is 8.58. The molecule has 0 saturated carbocycles. The van der Waals surface area contributed by atoms with Gasteiger partial charge in [0.1, 0.15) is 11.5 Å². The Morgan fingerprint density at radius 2 is 1.00 bits per heavy atom. The first-order valence-electron chi connectivity index (χ1n) is 10.6. The normalized spacial score (nSPS) is 10.9. The van der Waals surface area contributed by atoms with E-state index >= 15 is 0 Å². The summed E-state index contributed by atoms with van der Waals surface area (Å²) in [7, 11) is 0. The van der Waals surface area contributed by atoms with E-state index in [9.17, 15) is 9.59 Å². The van der Waals surface area contributed by atoms with Gasteiger partial charge in [0.15, 0.2) is 13.2 Å². The van der Waals surface area contributed by atoms with Crippen molar-refractivity contribution in [2.45, 2.75) is 13.8 Å². The number of carbonyl (C=O) groups excluding carboxylic acids is 2. The van der Waals surface area contributed by atoms with Crippen LogP contribution in [0.4, 0.5) is 0 Å². The Morgan fingerprint density at radius 1 is 0.647 bits per heavy atom. The lowest BCUT2D eigenvalue weighted by atomic mass is 10.2. The van der Waals surface area contributed by atoms with Crippen molar-refractivity contribution in [3.8, 4) is 11.5 Å². The zero-order chi connectivity index (χ0) is 24.2. The number of hydrogen-bond donors (Lipinski definition) is 2. The van der Waals surface area contributed by atoms with Crippen LogP contribution in [0, 0.1) is 13.8 Å². The zero-order valence-electron chi connectivity index (χ0n) is 19.0. The monoisotopic (exact) mass is 458 g/mol. The highest BCUT2D eigenvalue weighted by Gasteiger charge is 2.02. The Labute approximate surface area is 198 Å². The summed E-state index contributed by atoms with van der Waals surface area (Å²) in [5.41, 5.74) is 8.65. The second kappa shape index (κ2) is 12.5. The fraction of sp³-hybridized carbons (Fsp3) is 0.154. The minimum Gasteiger partial charge on any atom is -0.484 e. The molecule has 0 aromatic heterocycles. The summed E-state index contributed by atoms with van der Waals surface area (Å²) in [5.74, 6) is 0.527. The molecule has 34 heavy (non-hydrogen) atoms. The molecule has 8 nitrogen and oxygen atoms in total. The minimum absolute atomic E-state index is 0.127. The fourth-order valence-corrected chi connectivity index (χ4v) is 2.66. The predicted octanol–water partition coefficient (Wildman–Crippen LogP) is 3.36. The van der Waals surface area contributed by atoms with Crippen molar-refractivity contribution in [1.29, 1.82) is 0 Å². The molecule has 2 amide bonds. The molecule has 0 bridgehead atoms. The molecule has 3 rings (SSSR count). The first kappa shape index (κ1) is 24.2. The Kier molecular flexibility index (Phi) is 8.92. The lowest BCUT2D eigenvalue weighted by Gasteiger charge is -2.05. The molecule has 3 aromatic carbocycles. The van der Waals surface area contributed by atoms with Crippen LogP contribution in [0.3, 0.4) is 0 Å². The molecule has 0 radical (unpaired) electrons. The number of ether oxygens (including phenoxy) is 2. The summed E-state index contributed by atoms with van der Waals surface area (Å²) in [6.07, 6.45) is 3.05. The average Bonchev–Trinajstić information content (AvgIpc) is 2.84. The van der Waals surface area contributed by atoms with Gasteiger partial charge in [0.05, 0.1) is 12.4 Å². The van der Waals surface area contributed by atoms with Crippen molar-refractivity contribution < 1.29 is 19.1 Å². The maximum Gasteiger partial charge on any atom is 0.277 e. The molecular formula is C26H26N4O4. The molecule has 0 aliphatic rings. The number of hydrazone groups is 2. The van der Waals surface area contributed by atoms with E-state index in [0.717, 1.165) is 22.3 Å². The molecule has 0 unspecified atom stereocenters. The molecule has 2 N–H and O–H groups in total. The molecule has 0 atom stereocenters. The summed E-state index contributed by atoms with van der Waals surface area (Å²) in [5, 5.41) is 7.85. The van der Waals surface area contributed by atoms with E-state index in [2.05, 4.69) is 21.1 Å². The van der Waals surface area contributed by atoms with Crippen LogP contribution in [0.5, 0.6) is 11.5 Å². The average molecular weight is 459 g/mol. The summed E-state index contributed by atoms with van der Waals surface area (Å²) >= 11 is 0. The maximum atomic E-state index is 11.8. The van der Waals surface area contributed by atoms with Crippen LogP contribution in [0.2, 0.25) is 0 Å². The zero-order valence-corrected chi connectivity index (χ0v) is 19.0. The van der Waals surface area contributed by atoms with Crippen molar-refractivity contribution in [3.63, 3.8) is 0 Å². The largest absolute Gasteiger partial charge is 0.484 e. The highest BCUT2D eigenvalue weighted by Crippen LogP contribution is 2.11. The van der Waals surface area contributed by atoms with Gasteiger partial charge in [0, 0.05) is 0 Å². The van der Waals surface area contributed by atoms with Gasteiger partial charge in [-0.25, -0.2) is 10.9 Å². The predicted molar refractivity (Wildman–Crippen MR) is 131 cm³/mol. The minimum atomic E-state index is -0.359. The topological polar surface area (TPSA) is 101 Å². The van der Waals surface area contributed by atoms with Crippen molar-refractivity contribution in [2.75, 3.05) is 13.2 Å². The van der Waals surface area contributed by atoms with Gasteiger partial charge in [-0.15, -0.1) is 0 Å². The highest BCUT2D eigenvalue weighted by molar-refractivity contribution is 5.86. The molecule has 3 aromatic rings. The Balaban J connectivity index is 1.36. The van der Waals surface area contributed by atoms with Crippen molar-refractivity contribution in [3.05, 3.63) is 95.1 Å². The lowest BCUT2D eigenvalue weighted by Crippen LogP contribution is -2.24. The number of benzene rings is 3. The third-order valence-electron chi connectivity index (χ3n) is 4.52. The van der Waals surface area contributed by atoms with Crippen LogP contribution in [0.25, 0.3) is 0 Å². The Morgan fingerprint density at radius 3 is 1.35 bits per heavy atom. The van der Waals surface area contributed by atoms with Gasteiger partial charge in [-0.2, -0.15) is 10.2 Å². The summed E-state index contributed by atoms with van der Waals surface area (Å²) in [6, 6.07) is 22.1. The summed E-state index contributed by atoms with van der Waals surface area (Å²) in [4.78, 5) is 23.7. The number of amides is 2. The second-order valence-electron chi connectivity index (χ2n) is 7.46. The van der Waals surface area contributed by atoms with Gasteiger partial charge in [-0.1, -0.05) is 59.7 Å². The molecule has 0 heterocycles. The van der Waals surface area contributed by atoms with Gasteiger partial charge < -0.3 is 9.47 Å². The molecule has 174 valence electrons. The van der Waals surface area contributed by atoms with E-state index in [1.165, 1.54) is 12.4 Å². The van der Waals surface area contributed by atoms with Gasteiger partial charge in [0.2, 0.25) is 0 Å². The molecule has 0 saturated heterocycles. The van der Waals surface area contributed by atoms with E-state index in [1.54, 1.807) is 24.3 Å². The van der Waals surface area contributed by atoms with Crippen LogP contribution in [-0.2, 0) is 9.59 Å². The van der Waals surface area contributed by atoms with Crippen LogP contribution >= 0.6 is 0 Å². The first-order chi connectivity index (χ1) is 16.5. The molecule has 0 aliphatic heterocycles.